The first-order chi connectivity index (χ1) is 41.4. The zero-order valence-corrected chi connectivity index (χ0v) is 57.4. The van der Waals surface area contributed by atoms with Crippen molar-refractivity contribution in [3.63, 3.8) is 0 Å². The van der Waals surface area contributed by atoms with E-state index < -0.39 is 97.5 Å². The third-order valence-electron chi connectivity index (χ3n) is 15.5. The van der Waals surface area contributed by atoms with Gasteiger partial charge in [0.2, 0.25) is 0 Å². The fraction of sp³-hybridized carbons (Fsp3) is 0.940. The molecule has 0 amide bonds. The average Bonchev–Trinajstić information content (AvgIpc) is 3.66. The van der Waals surface area contributed by atoms with Crippen LogP contribution in [0.4, 0.5) is 0 Å². The lowest BCUT2D eigenvalue weighted by molar-refractivity contribution is -0.161. The van der Waals surface area contributed by atoms with Gasteiger partial charge in [0.25, 0.3) is 0 Å². The number of ether oxygens (including phenoxy) is 4. The Hall–Kier alpha value is -1.94. The van der Waals surface area contributed by atoms with Crippen molar-refractivity contribution < 1.29 is 80.2 Å². The Morgan fingerprint density at radius 3 is 0.791 bits per heavy atom. The molecule has 17 nitrogen and oxygen atoms in total. The molecule has 0 radical (unpaired) electrons. The molecule has 0 saturated carbocycles. The largest absolute Gasteiger partial charge is 0.472 e. The summed E-state index contributed by atoms with van der Waals surface area (Å²) in [7, 11) is -9.89. The van der Waals surface area contributed by atoms with Crippen LogP contribution in [0, 0.1) is 11.8 Å². The molecule has 510 valence electrons. The lowest BCUT2D eigenvalue weighted by Crippen LogP contribution is -2.30. The van der Waals surface area contributed by atoms with Gasteiger partial charge < -0.3 is 33.8 Å². The zero-order valence-electron chi connectivity index (χ0n) is 55.6. The van der Waals surface area contributed by atoms with E-state index in [9.17, 15) is 43.2 Å². The molecule has 0 aliphatic heterocycles. The van der Waals surface area contributed by atoms with Gasteiger partial charge in [-0.15, -0.1) is 0 Å². The summed E-state index contributed by atoms with van der Waals surface area (Å²) in [5.41, 5.74) is 0. The quantitative estimate of drug-likeness (QED) is 0.0222. The van der Waals surface area contributed by atoms with Gasteiger partial charge in [-0.2, -0.15) is 0 Å². The second-order valence-electron chi connectivity index (χ2n) is 25.2. The smallest absolute Gasteiger partial charge is 0.462 e. The zero-order chi connectivity index (χ0) is 63.6. The SMILES string of the molecule is CCCCCCCCCCCCCCCCCCCCC(=O)O[C@H](COC(=O)CCCCCCCCCCC(C)C)COP(=O)(O)OC[C@@H](O)COP(=O)(O)OC[C@@H](COC(=O)CCCCCCCCC)OC(=O)CCCCCCCCCC(C)C. The molecule has 0 fully saturated rings. The Bertz CT molecular complexity index is 1680. The van der Waals surface area contributed by atoms with E-state index in [0.717, 1.165) is 109 Å². The highest BCUT2D eigenvalue weighted by Crippen LogP contribution is 2.45. The van der Waals surface area contributed by atoms with Gasteiger partial charge >= 0.3 is 39.5 Å². The highest BCUT2D eigenvalue weighted by atomic mass is 31.2. The summed E-state index contributed by atoms with van der Waals surface area (Å²) in [6.45, 7) is 9.38. The minimum atomic E-state index is -4.95. The second kappa shape index (κ2) is 59.4. The van der Waals surface area contributed by atoms with E-state index in [1.165, 1.54) is 141 Å². The number of aliphatic hydroxyl groups is 1. The molecule has 0 bridgehead atoms. The molecule has 0 aliphatic carbocycles. The van der Waals surface area contributed by atoms with Crippen molar-refractivity contribution in [1.29, 1.82) is 0 Å². The van der Waals surface area contributed by atoms with E-state index in [2.05, 4.69) is 41.5 Å². The topological polar surface area (TPSA) is 237 Å². The number of hydrogen-bond donors (Lipinski definition) is 3. The molecule has 0 aliphatic rings. The van der Waals surface area contributed by atoms with Crippen LogP contribution in [0.15, 0.2) is 0 Å². The number of hydrogen-bond acceptors (Lipinski definition) is 15. The van der Waals surface area contributed by atoms with Crippen molar-refractivity contribution in [2.75, 3.05) is 39.6 Å². The predicted octanol–water partition coefficient (Wildman–Crippen LogP) is 18.8. The molecule has 0 rings (SSSR count). The van der Waals surface area contributed by atoms with E-state index in [-0.39, 0.29) is 25.7 Å². The van der Waals surface area contributed by atoms with Crippen molar-refractivity contribution in [3.8, 4) is 0 Å². The van der Waals surface area contributed by atoms with Crippen molar-refractivity contribution in [2.45, 2.75) is 355 Å². The summed E-state index contributed by atoms with van der Waals surface area (Å²) in [6.07, 6.45) is 43.4. The van der Waals surface area contributed by atoms with Crippen LogP contribution in [-0.2, 0) is 65.4 Å². The summed E-state index contributed by atoms with van der Waals surface area (Å²) in [5.74, 6) is -0.714. The molecule has 2 unspecified atom stereocenters. The van der Waals surface area contributed by atoms with Crippen LogP contribution in [0.1, 0.15) is 337 Å². The van der Waals surface area contributed by atoms with Crippen LogP contribution >= 0.6 is 15.6 Å². The predicted molar refractivity (Wildman–Crippen MR) is 345 cm³/mol. The fourth-order valence-corrected chi connectivity index (χ4v) is 11.6. The van der Waals surface area contributed by atoms with Gasteiger partial charge in [0, 0.05) is 25.7 Å². The third-order valence-corrected chi connectivity index (χ3v) is 17.4. The summed E-state index contributed by atoms with van der Waals surface area (Å²) >= 11 is 0. The van der Waals surface area contributed by atoms with Crippen molar-refractivity contribution in [3.05, 3.63) is 0 Å². The minimum absolute atomic E-state index is 0.103. The Morgan fingerprint density at radius 2 is 0.535 bits per heavy atom. The summed E-state index contributed by atoms with van der Waals surface area (Å²) < 4.78 is 68.0. The Morgan fingerprint density at radius 1 is 0.314 bits per heavy atom. The van der Waals surface area contributed by atoms with Gasteiger partial charge in [0.05, 0.1) is 26.4 Å². The lowest BCUT2D eigenvalue weighted by atomic mass is 10.0. The van der Waals surface area contributed by atoms with Crippen molar-refractivity contribution in [1.82, 2.24) is 0 Å². The molecule has 3 N–H and O–H groups in total. The highest BCUT2D eigenvalue weighted by molar-refractivity contribution is 7.47. The van der Waals surface area contributed by atoms with Crippen molar-refractivity contribution in [2.24, 2.45) is 11.8 Å². The van der Waals surface area contributed by atoms with E-state index in [4.69, 9.17) is 37.0 Å². The number of carbonyl (C=O) groups excluding carboxylic acids is 4. The summed E-state index contributed by atoms with van der Waals surface area (Å²) in [5, 5.41) is 10.5. The van der Waals surface area contributed by atoms with E-state index >= 15 is 0 Å². The Labute approximate surface area is 524 Å². The average molecular weight is 1270 g/mol. The number of aliphatic hydroxyl groups excluding tert-OH is 1. The van der Waals surface area contributed by atoms with Crippen LogP contribution in [0.5, 0.6) is 0 Å². The van der Waals surface area contributed by atoms with Gasteiger partial charge in [-0.05, 0) is 37.5 Å². The van der Waals surface area contributed by atoms with Crippen LogP contribution in [0.2, 0.25) is 0 Å². The maximum atomic E-state index is 13.0. The number of esters is 4. The maximum absolute atomic E-state index is 13.0. The highest BCUT2D eigenvalue weighted by Gasteiger charge is 2.30. The molecule has 0 aromatic rings. The van der Waals surface area contributed by atoms with E-state index in [0.29, 0.717) is 31.6 Å². The molecule has 0 aromatic carbocycles. The van der Waals surface area contributed by atoms with Crippen LogP contribution < -0.4 is 0 Å². The Balaban J connectivity index is 5.18. The molecule has 5 atom stereocenters. The molecular weight excluding hydrogens is 1140 g/mol. The maximum Gasteiger partial charge on any atom is 0.472 e. The monoisotopic (exact) mass is 1270 g/mol. The molecule has 0 aromatic heterocycles. The second-order valence-corrected chi connectivity index (χ2v) is 28.1. The number of phosphoric ester groups is 2. The number of rotatable bonds is 66. The number of carbonyl (C=O) groups is 4. The first-order valence-corrected chi connectivity index (χ1v) is 38.0. The first-order valence-electron chi connectivity index (χ1n) is 35.0. The summed E-state index contributed by atoms with van der Waals surface area (Å²) in [4.78, 5) is 72.2. The van der Waals surface area contributed by atoms with Gasteiger partial charge in [-0.3, -0.25) is 37.3 Å². The van der Waals surface area contributed by atoms with Gasteiger partial charge in [0.1, 0.15) is 19.3 Å². The summed E-state index contributed by atoms with van der Waals surface area (Å²) in [6, 6.07) is 0. The standard InChI is InChI=1S/C67H130O17P2/c1-7-9-11-13-15-16-17-18-19-20-21-22-23-24-25-33-39-45-51-66(71)83-63(56-78-65(70)50-44-38-32-27-26-30-35-41-47-59(3)4)58-82-86(75,76)80-54-61(68)53-79-85(73,74)81-57-62(55-77-64(69)49-43-37-29-14-12-10-8-2)84-67(72)52-46-40-34-28-31-36-42-48-60(5)6/h59-63,68H,7-58H2,1-6H3,(H,73,74)(H,75,76)/t61-,62+,63+/m0/s1. The molecule has 19 heteroatoms. The van der Waals surface area contributed by atoms with Crippen LogP contribution in [-0.4, -0.2) is 96.7 Å². The molecule has 0 spiro atoms. The van der Waals surface area contributed by atoms with Gasteiger partial charge in [-0.25, -0.2) is 9.13 Å². The number of phosphoric acid groups is 2. The first kappa shape index (κ1) is 84.1. The van der Waals surface area contributed by atoms with Crippen molar-refractivity contribution >= 4 is 39.5 Å². The van der Waals surface area contributed by atoms with Gasteiger partial charge in [0.15, 0.2) is 12.2 Å². The van der Waals surface area contributed by atoms with E-state index in [1.54, 1.807) is 0 Å². The van der Waals surface area contributed by atoms with E-state index in [1.807, 2.05) is 0 Å². The fourth-order valence-electron chi connectivity index (χ4n) is 10.1. The minimum Gasteiger partial charge on any atom is -0.462 e. The third kappa shape index (κ3) is 60.9. The van der Waals surface area contributed by atoms with Crippen LogP contribution in [0.25, 0.3) is 0 Å². The lowest BCUT2D eigenvalue weighted by Gasteiger charge is -2.21. The van der Waals surface area contributed by atoms with Gasteiger partial charge in [-0.1, -0.05) is 286 Å². The molecular formula is C67H130O17P2. The molecule has 86 heavy (non-hydrogen) atoms. The Kier molecular flexibility index (Phi) is 58.0. The number of unbranched alkanes of at least 4 members (excludes halogenated alkanes) is 36. The molecule has 0 saturated heterocycles. The normalized spacial score (nSPS) is 14.2. The molecule has 0 heterocycles. The van der Waals surface area contributed by atoms with Crippen LogP contribution in [0.3, 0.4) is 0 Å².